The molecule has 14 heteroatoms. The van der Waals surface area contributed by atoms with Crippen LogP contribution in [0.15, 0.2) is 109 Å². The van der Waals surface area contributed by atoms with E-state index in [2.05, 4.69) is 116 Å². The zero-order valence-electron chi connectivity index (χ0n) is 54.9. The fourth-order valence-electron chi connectivity index (χ4n) is 10.9. The van der Waals surface area contributed by atoms with E-state index in [0.717, 1.165) is 96.3 Å². The van der Waals surface area contributed by atoms with E-state index in [4.69, 9.17) is 18.9 Å². The SMILES string of the molecule is CC/C=C\C/C=C\C/C=C\C/C=C\C/C=C\C/C=C\C/C=C\C/C=C\CCCCCCC(=O)NC(COC1OC(CO)C(OC2OC(CO)C(O)C(O)C2O)C(O)C1O)C(O)/C=C/CCCCCCCCCCCCCCCCCCCCCCCCC. The van der Waals surface area contributed by atoms with Gasteiger partial charge in [0.15, 0.2) is 12.6 Å². The summed E-state index contributed by atoms with van der Waals surface area (Å²) in [4.78, 5) is 13.3. The number of rotatable bonds is 56. The van der Waals surface area contributed by atoms with Crippen LogP contribution in [-0.2, 0) is 23.7 Å². The lowest BCUT2D eigenvalue weighted by Crippen LogP contribution is -2.65. The zero-order chi connectivity index (χ0) is 63.8. The molecule has 0 bridgehead atoms. The molecule has 12 atom stereocenters. The van der Waals surface area contributed by atoms with Crippen LogP contribution in [-0.4, -0.2) is 140 Å². The molecule has 2 aliphatic heterocycles. The number of allylic oxidation sites excluding steroid dienone is 17. The summed E-state index contributed by atoms with van der Waals surface area (Å²) in [5.41, 5.74) is 0. The van der Waals surface area contributed by atoms with Crippen molar-refractivity contribution in [2.45, 2.75) is 331 Å². The second-order valence-corrected chi connectivity index (χ2v) is 24.3. The first kappa shape index (κ1) is 80.7. The third-order valence-electron chi connectivity index (χ3n) is 16.5. The van der Waals surface area contributed by atoms with Crippen LogP contribution in [0, 0.1) is 0 Å². The van der Waals surface area contributed by atoms with E-state index in [1.54, 1.807) is 6.08 Å². The van der Waals surface area contributed by atoms with Crippen LogP contribution < -0.4 is 5.32 Å². The predicted molar refractivity (Wildman–Crippen MR) is 359 cm³/mol. The summed E-state index contributed by atoms with van der Waals surface area (Å²) < 4.78 is 22.8. The predicted octanol–water partition coefficient (Wildman–Crippen LogP) is 14.3. The average Bonchev–Trinajstić information content (AvgIpc) is 2.07. The second kappa shape index (κ2) is 57.5. The smallest absolute Gasteiger partial charge is 0.220 e. The highest BCUT2D eigenvalue weighted by molar-refractivity contribution is 5.76. The molecule has 2 saturated heterocycles. The standard InChI is InChI=1S/C74H127NO13/c1-3-5-7-9-11-13-15-17-19-21-23-25-27-29-30-31-32-34-36-38-40-42-44-46-48-50-52-54-56-58-66(79)75-62(61-85-73-71(84)69(82)72(65(60-77)87-73)88-74-70(83)68(81)67(80)64(59-76)86-74)63(78)57-55-53-51-49-47-45-43-41-39-37-35-33-28-26-24-22-20-18-16-14-12-10-8-6-4-2/h5,7,11,13,17,19,23,25,29-30,32,34,38,40,44,46,55,57,62-65,67-74,76-78,80-84H,3-4,6,8-10,12,14-16,18,20-22,24,26-28,31,33,35-37,39,41-43,45,47-54,56,58-61H2,1-2H3,(H,75,79)/b7-5-,13-11-,19-17-,25-23-,30-29-,34-32-,40-38-,46-44-,57-55+. The third kappa shape index (κ3) is 41.2. The molecule has 9 N–H and O–H groups in total. The van der Waals surface area contributed by atoms with Crippen molar-refractivity contribution >= 4 is 5.91 Å². The first-order valence-electron chi connectivity index (χ1n) is 35.1. The number of aliphatic hydroxyl groups is 8. The Morgan fingerprint density at radius 2 is 0.784 bits per heavy atom. The maximum atomic E-state index is 13.3. The molecule has 0 spiro atoms. The molecule has 0 saturated carbocycles. The van der Waals surface area contributed by atoms with Crippen molar-refractivity contribution in [3.05, 3.63) is 109 Å². The molecule has 2 heterocycles. The molecule has 0 radical (unpaired) electrons. The molecule has 2 rings (SSSR count). The number of hydrogen-bond acceptors (Lipinski definition) is 13. The maximum Gasteiger partial charge on any atom is 0.220 e. The molecule has 506 valence electrons. The van der Waals surface area contributed by atoms with Crippen LogP contribution in [0.5, 0.6) is 0 Å². The van der Waals surface area contributed by atoms with Gasteiger partial charge in [-0.15, -0.1) is 0 Å². The van der Waals surface area contributed by atoms with E-state index in [0.29, 0.717) is 6.42 Å². The number of amides is 1. The number of carbonyl (C=O) groups is 1. The topological polar surface area (TPSA) is 228 Å². The molecule has 0 aromatic carbocycles. The number of unbranched alkanes of at least 4 members (excludes halogenated alkanes) is 27. The summed E-state index contributed by atoms with van der Waals surface area (Å²) in [6.45, 7) is 2.68. The number of aliphatic hydroxyl groups excluding tert-OH is 8. The molecule has 0 aromatic rings. The highest BCUT2D eigenvalue weighted by Gasteiger charge is 2.51. The van der Waals surface area contributed by atoms with Gasteiger partial charge in [0, 0.05) is 6.42 Å². The quantitative estimate of drug-likeness (QED) is 0.0204. The van der Waals surface area contributed by atoms with Gasteiger partial charge in [-0.1, -0.05) is 277 Å². The zero-order valence-corrected chi connectivity index (χ0v) is 54.9. The normalized spacial score (nSPS) is 23.8. The molecule has 14 nitrogen and oxygen atoms in total. The van der Waals surface area contributed by atoms with E-state index in [1.807, 2.05) is 6.08 Å². The van der Waals surface area contributed by atoms with Crippen LogP contribution >= 0.6 is 0 Å². The average molecular weight is 1240 g/mol. The van der Waals surface area contributed by atoms with Crippen molar-refractivity contribution in [3.8, 4) is 0 Å². The molecule has 12 unspecified atom stereocenters. The van der Waals surface area contributed by atoms with Gasteiger partial charge in [0.05, 0.1) is 32.0 Å². The third-order valence-corrected chi connectivity index (χ3v) is 16.5. The van der Waals surface area contributed by atoms with E-state index in [-0.39, 0.29) is 18.9 Å². The summed E-state index contributed by atoms with van der Waals surface area (Å²) >= 11 is 0. The molecule has 2 fully saturated rings. The number of hydrogen-bond donors (Lipinski definition) is 9. The van der Waals surface area contributed by atoms with Crippen molar-refractivity contribution in [3.63, 3.8) is 0 Å². The lowest BCUT2D eigenvalue weighted by molar-refractivity contribution is -0.359. The molecular formula is C74H127NO13. The van der Waals surface area contributed by atoms with Crippen molar-refractivity contribution in [1.82, 2.24) is 5.32 Å². The minimum atomic E-state index is -1.80. The fraction of sp³-hybridized carbons (Fsp3) is 0.743. The Hall–Kier alpha value is -3.35. The highest BCUT2D eigenvalue weighted by atomic mass is 16.7. The Balaban J connectivity index is 1.72. The van der Waals surface area contributed by atoms with E-state index >= 15 is 0 Å². The molecule has 2 aliphatic rings. The highest BCUT2D eigenvalue weighted by Crippen LogP contribution is 2.30. The number of nitrogens with one attached hydrogen (secondary N) is 1. The van der Waals surface area contributed by atoms with Crippen LogP contribution in [0.3, 0.4) is 0 Å². The number of ether oxygens (including phenoxy) is 4. The van der Waals surface area contributed by atoms with Crippen LogP contribution in [0.1, 0.15) is 258 Å². The largest absolute Gasteiger partial charge is 0.394 e. The van der Waals surface area contributed by atoms with Gasteiger partial charge < -0.3 is 65.1 Å². The lowest BCUT2D eigenvalue weighted by atomic mass is 9.97. The molecule has 0 aliphatic carbocycles. The van der Waals surface area contributed by atoms with Crippen molar-refractivity contribution in [1.29, 1.82) is 0 Å². The summed E-state index contributed by atoms with van der Waals surface area (Å²) in [6, 6.07) is -0.938. The molecule has 88 heavy (non-hydrogen) atoms. The van der Waals surface area contributed by atoms with Gasteiger partial charge in [0.2, 0.25) is 5.91 Å². The van der Waals surface area contributed by atoms with E-state index in [9.17, 15) is 45.6 Å². The Morgan fingerprint density at radius 1 is 0.420 bits per heavy atom. The van der Waals surface area contributed by atoms with Crippen molar-refractivity contribution in [2.75, 3.05) is 19.8 Å². The molecule has 0 aromatic heterocycles. The summed E-state index contributed by atoms with van der Waals surface area (Å²) in [5.74, 6) is -0.266. The van der Waals surface area contributed by atoms with Gasteiger partial charge in [-0.2, -0.15) is 0 Å². The molecular weight excluding hydrogens is 1110 g/mol. The Labute approximate surface area is 534 Å². The van der Waals surface area contributed by atoms with Crippen LogP contribution in [0.4, 0.5) is 0 Å². The number of carbonyl (C=O) groups excluding carboxylic acids is 1. The summed E-state index contributed by atoms with van der Waals surface area (Å²) in [7, 11) is 0. The minimum absolute atomic E-state index is 0.245. The van der Waals surface area contributed by atoms with Gasteiger partial charge in [0.25, 0.3) is 0 Å². The fourth-order valence-corrected chi connectivity index (χ4v) is 10.9. The summed E-state index contributed by atoms with van der Waals surface area (Å²) in [5, 5.41) is 87.4. The Kier molecular flexibility index (Phi) is 52.8. The van der Waals surface area contributed by atoms with E-state index in [1.165, 1.54) is 135 Å². The maximum absolute atomic E-state index is 13.3. The monoisotopic (exact) mass is 1240 g/mol. The second-order valence-electron chi connectivity index (χ2n) is 24.3. The van der Waals surface area contributed by atoms with Crippen molar-refractivity contribution < 1.29 is 64.6 Å². The molecule has 1 amide bonds. The lowest BCUT2D eigenvalue weighted by Gasteiger charge is -2.46. The van der Waals surface area contributed by atoms with Crippen LogP contribution in [0.2, 0.25) is 0 Å². The summed E-state index contributed by atoms with van der Waals surface area (Å²) in [6.07, 6.45) is 65.6. The minimum Gasteiger partial charge on any atom is -0.394 e. The van der Waals surface area contributed by atoms with Gasteiger partial charge in [-0.3, -0.25) is 4.79 Å². The Morgan fingerprint density at radius 3 is 1.20 bits per heavy atom. The van der Waals surface area contributed by atoms with E-state index < -0.39 is 86.8 Å². The Bertz CT molecular complexity index is 1890. The van der Waals surface area contributed by atoms with Crippen molar-refractivity contribution in [2.24, 2.45) is 0 Å². The van der Waals surface area contributed by atoms with Gasteiger partial charge >= 0.3 is 0 Å². The first-order valence-corrected chi connectivity index (χ1v) is 35.1. The van der Waals surface area contributed by atoms with Gasteiger partial charge in [0.1, 0.15) is 48.8 Å². The van der Waals surface area contributed by atoms with Gasteiger partial charge in [-0.05, 0) is 83.5 Å². The van der Waals surface area contributed by atoms with Gasteiger partial charge in [-0.25, -0.2) is 0 Å². The first-order chi connectivity index (χ1) is 43.1. The van der Waals surface area contributed by atoms with Crippen LogP contribution in [0.25, 0.3) is 0 Å².